The van der Waals surface area contributed by atoms with E-state index in [1.807, 2.05) is 0 Å². The van der Waals surface area contributed by atoms with Crippen molar-refractivity contribution in [3.05, 3.63) is 34.3 Å². The summed E-state index contributed by atoms with van der Waals surface area (Å²) in [6.45, 7) is 0.781. The first-order valence-corrected chi connectivity index (χ1v) is 5.76. The smallest absolute Gasteiger partial charge is 0.338 e. The molecule has 0 saturated heterocycles. The van der Waals surface area contributed by atoms with E-state index < -0.39 is 24.4 Å². The predicted octanol–water partition coefficient (Wildman–Crippen LogP) is 0.773. The third kappa shape index (κ3) is 4.96. The Balaban J connectivity index is 2.39. The highest BCUT2D eigenvalue weighted by atomic mass is 79.9. The minimum absolute atomic E-state index is 0.338. The van der Waals surface area contributed by atoms with E-state index in [1.54, 1.807) is 24.3 Å². The van der Waals surface area contributed by atoms with Crippen molar-refractivity contribution >= 4 is 33.7 Å². The van der Waals surface area contributed by atoms with Gasteiger partial charge in [0.2, 0.25) is 5.91 Å². The van der Waals surface area contributed by atoms with Gasteiger partial charge in [0.1, 0.15) is 0 Å². The zero-order valence-corrected chi connectivity index (χ0v) is 11.1. The van der Waals surface area contributed by atoms with Crippen LogP contribution in [0.4, 0.5) is 0 Å². The Labute approximate surface area is 112 Å². The van der Waals surface area contributed by atoms with Gasteiger partial charge in [-0.3, -0.25) is 20.4 Å². The van der Waals surface area contributed by atoms with Crippen LogP contribution in [-0.4, -0.2) is 24.4 Å². The van der Waals surface area contributed by atoms with Crippen LogP contribution in [0.25, 0.3) is 0 Å². The maximum absolute atomic E-state index is 11.5. The molecule has 0 atom stereocenters. The van der Waals surface area contributed by atoms with E-state index in [1.165, 1.54) is 6.92 Å². The van der Waals surface area contributed by atoms with E-state index in [4.69, 9.17) is 4.74 Å². The van der Waals surface area contributed by atoms with Gasteiger partial charge in [0.25, 0.3) is 5.91 Å². The van der Waals surface area contributed by atoms with Crippen molar-refractivity contribution in [3.63, 3.8) is 0 Å². The number of ether oxygens (including phenoxy) is 1. The maximum atomic E-state index is 11.5. The molecule has 2 N–H and O–H groups in total. The lowest BCUT2D eigenvalue weighted by Gasteiger charge is -2.06. The standard InChI is InChI=1S/C11H11BrN2O4/c1-7(15)13-14-10(16)6-18-11(17)8-2-4-9(12)5-3-8/h2-5H,6H2,1H3,(H,13,15)(H,14,16). The molecular weight excluding hydrogens is 304 g/mol. The zero-order valence-electron chi connectivity index (χ0n) is 9.53. The average Bonchev–Trinajstić information content (AvgIpc) is 2.34. The summed E-state index contributed by atoms with van der Waals surface area (Å²) in [5, 5.41) is 0. The van der Waals surface area contributed by atoms with Gasteiger partial charge >= 0.3 is 5.97 Å². The molecular formula is C11H11BrN2O4. The Morgan fingerprint density at radius 2 is 1.78 bits per heavy atom. The van der Waals surface area contributed by atoms with Crippen LogP contribution >= 0.6 is 15.9 Å². The second-order valence-electron chi connectivity index (χ2n) is 3.31. The van der Waals surface area contributed by atoms with Crippen LogP contribution in [0.2, 0.25) is 0 Å². The lowest BCUT2D eigenvalue weighted by molar-refractivity contribution is -0.129. The van der Waals surface area contributed by atoms with E-state index >= 15 is 0 Å². The van der Waals surface area contributed by atoms with Gasteiger partial charge in [-0.05, 0) is 24.3 Å². The minimum Gasteiger partial charge on any atom is -0.452 e. The van der Waals surface area contributed by atoms with Crippen molar-refractivity contribution in [1.82, 2.24) is 10.9 Å². The number of hydrazine groups is 1. The largest absolute Gasteiger partial charge is 0.452 e. The monoisotopic (exact) mass is 314 g/mol. The lowest BCUT2D eigenvalue weighted by Crippen LogP contribution is -2.42. The molecule has 2 amide bonds. The summed E-state index contributed by atoms with van der Waals surface area (Å²) >= 11 is 3.23. The van der Waals surface area contributed by atoms with E-state index in [0.717, 1.165) is 4.47 Å². The number of halogens is 1. The van der Waals surface area contributed by atoms with Gasteiger partial charge < -0.3 is 4.74 Å². The number of amides is 2. The first-order valence-electron chi connectivity index (χ1n) is 4.97. The summed E-state index contributed by atoms with van der Waals surface area (Å²) in [6.07, 6.45) is 0. The fourth-order valence-corrected chi connectivity index (χ4v) is 1.26. The number of benzene rings is 1. The maximum Gasteiger partial charge on any atom is 0.338 e. The Hall–Kier alpha value is -1.89. The van der Waals surface area contributed by atoms with E-state index in [9.17, 15) is 14.4 Å². The second-order valence-corrected chi connectivity index (χ2v) is 4.23. The quantitative estimate of drug-likeness (QED) is 0.637. The highest BCUT2D eigenvalue weighted by Crippen LogP contribution is 2.11. The second kappa shape index (κ2) is 6.75. The molecule has 96 valence electrons. The Morgan fingerprint density at radius 1 is 1.17 bits per heavy atom. The molecule has 0 unspecified atom stereocenters. The molecule has 0 heterocycles. The molecule has 0 radical (unpaired) electrons. The van der Waals surface area contributed by atoms with Crippen LogP contribution in [0.1, 0.15) is 17.3 Å². The summed E-state index contributed by atoms with van der Waals surface area (Å²) < 4.78 is 5.58. The number of hydrogen-bond donors (Lipinski definition) is 2. The fraction of sp³-hybridized carbons (Fsp3) is 0.182. The first kappa shape index (κ1) is 14.2. The SMILES string of the molecule is CC(=O)NNC(=O)COC(=O)c1ccc(Br)cc1. The molecule has 0 fully saturated rings. The molecule has 0 aromatic heterocycles. The summed E-state index contributed by atoms with van der Waals surface area (Å²) in [4.78, 5) is 33.1. The Bertz CT molecular complexity index is 459. The highest BCUT2D eigenvalue weighted by molar-refractivity contribution is 9.10. The average molecular weight is 315 g/mol. The Kier molecular flexibility index (Phi) is 5.31. The molecule has 0 aliphatic rings. The number of carbonyl (C=O) groups is 3. The Morgan fingerprint density at radius 3 is 2.33 bits per heavy atom. The van der Waals surface area contributed by atoms with Crippen LogP contribution in [-0.2, 0) is 14.3 Å². The van der Waals surface area contributed by atoms with Crippen molar-refractivity contribution in [2.45, 2.75) is 6.92 Å². The van der Waals surface area contributed by atoms with Gasteiger partial charge in [-0.2, -0.15) is 0 Å². The molecule has 0 spiro atoms. The summed E-state index contributed by atoms with van der Waals surface area (Å²) in [7, 11) is 0. The zero-order chi connectivity index (χ0) is 13.5. The van der Waals surface area contributed by atoms with Crippen molar-refractivity contribution in [1.29, 1.82) is 0 Å². The minimum atomic E-state index is -0.615. The normalized spacial score (nSPS) is 9.44. The van der Waals surface area contributed by atoms with E-state index in [-0.39, 0.29) is 0 Å². The molecule has 0 aliphatic carbocycles. The van der Waals surface area contributed by atoms with Crippen LogP contribution in [0, 0.1) is 0 Å². The van der Waals surface area contributed by atoms with Gasteiger partial charge in [0.15, 0.2) is 6.61 Å². The third-order valence-electron chi connectivity index (χ3n) is 1.79. The molecule has 1 rings (SSSR count). The van der Waals surface area contributed by atoms with Crippen LogP contribution < -0.4 is 10.9 Å². The van der Waals surface area contributed by atoms with Gasteiger partial charge in [-0.25, -0.2) is 4.79 Å². The molecule has 0 bridgehead atoms. The van der Waals surface area contributed by atoms with Crippen LogP contribution in [0.5, 0.6) is 0 Å². The number of carbonyl (C=O) groups excluding carboxylic acids is 3. The van der Waals surface area contributed by atoms with Crippen molar-refractivity contribution < 1.29 is 19.1 Å². The molecule has 7 heteroatoms. The topological polar surface area (TPSA) is 84.5 Å². The van der Waals surface area contributed by atoms with Gasteiger partial charge in [0.05, 0.1) is 5.56 Å². The van der Waals surface area contributed by atoms with E-state index in [0.29, 0.717) is 5.56 Å². The fourth-order valence-electron chi connectivity index (χ4n) is 0.994. The van der Waals surface area contributed by atoms with Crippen molar-refractivity contribution in [2.75, 3.05) is 6.61 Å². The first-order chi connectivity index (χ1) is 8.49. The summed E-state index contributed by atoms with van der Waals surface area (Å²) in [5.74, 6) is -1.64. The molecule has 6 nitrogen and oxygen atoms in total. The predicted molar refractivity (Wildman–Crippen MR) is 66.4 cm³/mol. The summed E-state index contributed by atoms with van der Waals surface area (Å²) in [5.41, 5.74) is 4.49. The van der Waals surface area contributed by atoms with Crippen molar-refractivity contribution in [2.24, 2.45) is 0 Å². The van der Waals surface area contributed by atoms with Crippen LogP contribution in [0.3, 0.4) is 0 Å². The van der Waals surface area contributed by atoms with Crippen molar-refractivity contribution in [3.8, 4) is 0 Å². The van der Waals surface area contributed by atoms with Gasteiger partial charge in [-0.1, -0.05) is 15.9 Å². The molecule has 1 aromatic rings. The van der Waals surface area contributed by atoms with Gasteiger partial charge in [-0.15, -0.1) is 0 Å². The molecule has 1 aromatic carbocycles. The highest BCUT2D eigenvalue weighted by Gasteiger charge is 2.09. The number of rotatable bonds is 3. The molecule has 0 aliphatic heterocycles. The lowest BCUT2D eigenvalue weighted by atomic mass is 10.2. The van der Waals surface area contributed by atoms with Crippen LogP contribution in [0.15, 0.2) is 28.7 Å². The number of nitrogens with one attached hydrogen (secondary N) is 2. The van der Waals surface area contributed by atoms with Gasteiger partial charge in [0, 0.05) is 11.4 Å². The number of esters is 1. The molecule has 18 heavy (non-hydrogen) atoms. The summed E-state index contributed by atoms with van der Waals surface area (Å²) in [6, 6.07) is 6.51. The molecule has 0 saturated carbocycles. The number of hydrogen-bond acceptors (Lipinski definition) is 4. The third-order valence-corrected chi connectivity index (χ3v) is 2.32. The van der Waals surface area contributed by atoms with E-state index in [2.05, 4.69) is 26.8 Å².